The maximum Gasteiger partial charge on any atom is 1.00 e. The molecular formula is C33H30N2NaO4S2+. The number of aliphatic carboxylic acids is 2. The minimum absolute atomic E-state index is 0. The number of hydrogen-bond acceptors (Lipinski definition) is 6. The van der Waals surface area contributed by atoms with E-state index in [9.17, 15) is 19.8 Å². The van der Waals surface area contributed by atoms with E-state index in [0.717, 1.165) is 28.6 Å². The zero-order chi connectivity index (χ0) is 28.5. The molecule has 1 aliphatic carbocycles. The maximum absolute atomic E-state index is 12.3. The number of carbonyl (C=O) groups excluding carboxylic acids is 1. The molecule has 1 aliphatic heterocycles. The molecular weight excluding hydrogens is 575 g/mol. The van der Waals surface area contributed by atoms with Crippen LogP contribution in [0.2, 0.25) is 0 Å². The minimum Gasteiger partial charge on any atom is -0.550 e. The number of hydrogen-bond donors (Lipinski definition) is 1. The van der Waals surface area contributed by atoms with Gasteiger partial charge in [0.15, 0.2) is 6.54 Å². The number of rotatable bonds is 9. The largest absolute Gasteiger partial charge is 1.00 e. The van der Waals surface area contributed by atoms with E-state index in [1.54, 1.807) is 23.9 Å². The van der Waals surface area contributed by atoms with Gasteiger partial charge in [-0.3, -0.25) is 0 Å². The monoisotopic (exact) mass is 605 g/mol. The topological polar surface area (TPSA) is 84.5 Å². The average molecular weight is 606 g/mol. The van der Waals surface area contributed by atoms with Crippen LogP contribution in [0, 0.1) is 0 Å². The van der Waals surface area contributed by atoms with Crippen molar-refractivity contribution in [1.82, 2.24) is 0 Å². The fourth-order valence-electron chi connectivity index (χ4n) is 6.15. The number of nitrogens with zero attached hydrogens (tertiary/aromatic N) is 2. The van der Waals surface area contributed by atoms with E-state index in [-0.39, 0.29) is 48.1 Å². The molecule has 6 rings (SSSR count). The first-order valence-electron chi connectivity index (χ1n) is 13.7. The number of anilines is 2. The molecule has 3 aromatic carbocycles. The maximum atomic E-state index is 12.3. The second-order valence-electron chi connectivity index (χ2n) is 10.4. The van der Waals surface area contributed by atoms with Crippen LogP contribution in [-0.4, -0.2) is 29.3 Å². The van der Waals surface area contributed by atoms with Crippen LogP contribution in [0.15, 0.2) is 83.3 Å². The molecule has 1 N–H and O–H groups in total. The summed E-state index contributed by atoms with van der Waals surface area (Å²) in [6, 6.07) is 23.3. The first kappa shape index (κ1) is 30.6. The van der Waals surface area contributed by atoms with Gasteiger partial charge in [-0.1, -0.05) is 42.0 Å². The normalized spacial score (nSPS) is 17.8. The van der Waals surface area contributed by atoms with Crippen molar-refractivity contribution in [2.45, 2.75) is 49.1 Å². The second kappa shape index (κ2) is 13.2. The molecule has 208 valence electrons. The van der Waals surface area contributed by atoms with Gasteiger partial charge in [0.05, 0.1) is 5.57 Å². The predicted molar refractivity (Wildman–Crippen MR) is 163 cm³/mol. The first-order chi connectivity index (χ1) is 19.9. The summed E-state index contributed by atoms with van der Waals surface area (Å²) in [5.74, 6) is -1.71. The number of fused-ring (bicyclic) bond motifs is 4. The fraction of sp³-hybridized carbons (Fsp3) is 0.242. The van der Waals surface area contributed by atoms with Crippen LogP contribution < -0.4 is 44.1 Å². The number of aryl methyl sites for hydroxylation is 1. The predicted octanol–water partition coefficient (Wildman–Crippen LogP) is 3.02. The fourth-order valence-corrected chi connectivity index (χ4v) is 7.70. The quantitative estimate of drug-likeness (QED) is 0.104. The zero-order valence-electron chi connectivity index (χ0n) is 23.7. The average Bonchev–Trinajstić information content (AvgIpc) is 3.66. The van der Waals surface area contributed by atoms with Crippen molar-refractivity contribution >= 4 is 68.8 Å². The van der Waals surface area contributed by atoms with Crippen molar-refractivity contribution in [2.24, 2.45) is 0 Å². The molecule has 4 aromatic rings. The van der Waals surface area contributed by atoms with Crippen molar-refractivity contribution in [3.63, 3.8) is 0 Å². The minimum atomic E-state index is -1.14. The van der Waals surface area contributed by atoms with Crippen LogP contribution in [0.25, 0.3) is 22.4 Å². The van der Waals surface area contributed by atoms with Gasteiger partial charge in [0.25, 0.3) is 5.01 Å². The molecule has 0 bridgehead atoms. The Labute approximate surface area is 275 Å². The van der Waals surface area contributed by atoms with Crippen molar-refractivity contribution in [3.8, 4) is 0 Å². The smallest absolute Gasteiger partial charge is 0.550 e. The molecule has 2 heterocycles. The summed E-state index contributed by atoms with van der Waals surface area (Å²) in [6.45, 7) is 0.207. The van der Waals surface area contributed by atoms with Crippen molar-refractivity contribution < 1.29 is 53.9 Å². The summed E-state index contributed by atoms with van der Waals surface area (Å²) >= 11 is 3.18. The number of thioether (sulfide) groups is 1. The number of carboxylic acids is 2. The van der Waals surface area contributed by atoms with E-state index in [4.69, 9.17) is 0 Å². The van der Waals surface area contributed by atoms with Gasteiger partial charge in [0.1, 0.15) is 4.70 Å². The van der Waals surface area contributed by atoms with Gasteiger partial charge in [-0.15, -0.1) is 11.8 Å². The third kappa shape index (κ3) is 6.10. The summed E-state index contributed by atoms with van der Waals surface area (Å²) < 4.78 is 2.81. The van der Waals surface area contributed by atoms with Gasteiger partial charge in [-0.2, -0.15) is 4.57 Å². The number of aromatic nitrogens is 1. The van der Waals surface area contributed by atoms with Gasteiger partial charge in [-0.05, 0) is 78.8 Å². The zero-order valence-corrected chi connectivity index (χ0v) is 27.3. The molecule has 42 heavy (non-hydrogen) atoms. The van der Waals surface area contributed by atoms with Crippen LogP contribution >= 0.6 is 23.1 Å². The molecule has 2 aliphatic rings. The number of carbonyl (C=O) groups is 2. The molecule has 1 fully saturated rings. The third-order valence-electron chi connectivity index (χ3n) is 8.03. The summed E-state index contributed by atoms with van der Waals surface area (Å²) in [4.78, 5) is 27.2. The van der Waals surface area contributed by atoms with Gasteiger partial charge in [-0.25, -0.2) is 4.79 Å². The molecule has 1 aromatic heterocycles. The van der Waals surface area contributed by atoms with E-state index < -0.39 is 11.9 Å². The molecule has 1 saturated carbocycles. The molecule has 0 radical (unpaired) electrons. The Morgan fingerprint density at radius 3 is 2.64 bits per heavy atom. The summed E-state index contributed by atoms with van der Waals surface area (Å²) in [5.41, 5.74) is 5.75. The van der Waals surface area contributed by atoms with E-state index in [1.807, 2.05) is 34.9 Å². The second-order valence-corrected chi connectivity index (χ2v) is 12.4. The Bertz CT molecular complexity index is 1700. The Hall–Kier alpha value is -2.88. The Morgan fingerprint density at radius 1 is 1.12 bits per heavy atom. The van der Waals surface area contributed by atoms with Crippen molar-refractivity contribution in [2.75, 3.05) is 11.2 Å². The van der Waals surface area contributed by atoms with Gasteiger partial charge >= 0.3 is 35.5 Å². The van der Waals surface area contributed by atoms with E-state index in [1.165, 1.54) is 39.6 Å². The summed E-state index contributed by atoms with van der Waals surface area (Å²) in [6.07, 6.45) is 10.6. The van der Waals surface area contributed by atoms with Crippen LogP contribution in [-0.2, 0) is 16.1 Å². The van der Waals surface area contributed by atoms with Crippen LogP contribution in [0.3, 0.4) is 0 Å². The standard InChI is InChI=1S/C33H30N2O4S2.Na/c1-40-24-14-12-23(13-15-24)35-27-7-4-5-25(27)26-19-21(10-16-28(26)35)9-11-22(33(38)39)20-31-34(18-17-32(36)37)29-6-2-3-8-30(29)41-31;/h2-3,6,8-16,19-20,25,27H,4-5,7,17-18H2,1H3,(H-,36,37,38,39);/q;+1. The van der Waals surface area contributed by atoms with Crippen molar-refractivity contribution in [1.29, 1.82) is 0 Å². The van der Waals surface area contributed by atoms with E-state index in [0.29, 0.717) is 17.0 Å². The number of carboxylic acid groups (broad SMARTS) is 2. The summed E-state index contributed by atoms with van der Waals surface area (Å²) in [7, 11) is 0. The van der Waals surface area contributed by atoms with E-state index >= 15 is 0 Å². The third-order valence-corrected chi connectivity index (χ3v) is 9.89. The number of thiazole rings is 1. The summed E-state index contributed by atoms with van der Waals surface area (Å²) in [5, 5.41) is 21.9. The molecule has 0 spiro atoms. The Morgan fingerprint density at radius 2 is 1.90 bits per heavy atom. The molecule has 6 nitrogen and oxygen atoms in total. The van der Waals surface area contributed by atoms with Gasteiger partial charge < -0.3 is 19.9 Å². The van der Waals surface area contributed by atoms with Crippen molar-refractivity contribution in [3.05, 3.63) is 94.5 Å². The van der Waals surface area contributed by atoms with Gasteiger partial charge in [0, 0.05) is 52.8 Å². The van der Waals surface area contributed by atoms with Gasteiger partial charge in [0.2, 0.25) is 5.52 Å². The Kier molecular flexibility index (Phi) is 9.60. The molecule has 2 atom stereocenters. The van der Waals surface area contributed by atoms with E-state index in [2.05, 4.69) is 53.6 Å². The van der Waals surface area contributed by atoms with Crippen LogP contribution in [0.5, 0.6) is 0 Å². The van der Waals surface area contributed by atoms with Crippen LogP contribution in [0.1, 0.15) is 47.7 Å². The molecule has 0 saturated heterocycles. The molecule has 2 unspecified atom stereocenters. The Balaban J connectivity index is 0.00000353. The van der Waals surface area contributed by atoms with Crippen LogP contribution in [0.4, 0.5) is 11.4 Å². The first-order valence-corrected chi connectivity index (χ1v) is 15.8. The number of benzene rings is 3. The SMILES string of the molecule is CSc1ccc(N2c3ccc(/C=C\C(=C\c4sc5ccccc5[n+]4CCC(=O)[O-])C(=O)O)cc3C3CCCC32)cc1.[Na+]. The number of para-hydroxylation sites is 1. The molecule has 9 heteroatoms. The molecule has 0 amide bonds.